The molecule has 0 unspecified atom stereocenters. The molecule has 2 aliphatic rings. The van der Waals surface area contributed by atoms with E-state index in [1.54, 1.807) is 46.2 Å². The Morgan fingerprint density at radius 3 is 1.53 bits per heavy atom. The maximum absolute atomic E-state index is 12.4. The predicted octanol–water partition coefficient (Wildman–Crippen LogP) is 4.89. The van der Waals surface area contributed by atoms with Crippen LogP contribution < -0.4 is 20.4 Å². The smallest absolute Gasteiger partial charge is 0.311 e. The molecule has 0 bridgehead atoms. The van der Waals surface area contributed by atoms with E-state index in [2.05, 4.69) is 10.6 Å². The highest BCUT2D eigenvalue weighted by atomic mass is 35.5. The molecular weight excluding hydrogens is 427 g/mol. The van der Waals surface area contributed by atoms with Gasteiger partial charge < -0.3 is 20.4 Å². The van der Waals surface area contributed by atoms with Gasteiger partial charge in [0.1, 0.15) is 0 Å². The fourth-order valence-corrected chi connectivity index (χ4v) is 4.27. The summed E-state index contributed by atoms with van der Waals surface area (Å²) in [5.41, 5.74) is 2.28. The number of anilines is 4. The Labute approximate surface area is 183 Å². The van der Waals surface area contributed by atoms with Crippen molar-refractivity contribution in [1.82, 2.24) is 0 Å². The van der Waals surface area contributed by atoms with Crippen LogP contribution in [0.4, 0.5) is 27.5 Å². The molecule has 0 aliphatic carbocycles. The van der Waals surface area contributed by atoms with Crippen molar-refractivity contribution in [3.63, 3.8) is 0 Å². The van der Waals surface area contributed by atoms with Crippen molar-refractivity contribution in [2.75, 3.05) is 33.5 Å². The van der Waals surface area contributed by atoms with Gasteiger partial charge in [-0.3, -0.25) is 9.59 Å². The monoisotopic (exact) mass is 446 g/mol. The molecule has 156 valence electrons. The Balaban J connectivity index is 1.41. The second-order valence-electron chi connectivity index (χ2n) is 7.21. The number of carbonyl (C=O) groups excluding carboxylic acids is 3. The number of benzene rings is 2. The van der Waals surface area contributed by atoms with Crippen LogP contribution in [0.5, 0.6) is 0 Å². The van der Waals surface area contributed by atoms with E-state index in [4.69, 9.17) is 23.2 Å². The number of carbonyl (C=O) groups is 3. The number of hydrogen-bond acceptors (Lipinski definition) is 3. The average Bonchev–Trinajstić information content (AvgIpc) is 3.30. The van der Waals surface area contributed by atoms with Gasteiger partial charge in [-0.2, -0.15) is 0 Å². The number of nitrogens with one attached hydrogen (secondary N) is 2. The van der Waals surface area contributed by atoms with Gasteiger partial charge in [0, 0.05) is 37.3 Å². The first kappa shape index (κ1) is 20.5. The summed E-state index contributed by atoms with van der Waals surface area (Å²) < 4.78 is 0. The molecule has 0 spiro atoms. The van der Waals surface area contributed by atoms with Gasteiger partial charge in [-0.25, -0.2) is 4.79 Å². The van der Waals surface area contributed by atoms with E-state index in [1.807, 2.05) is 0 Å². The normalized spacial score (nSPS) is 16.3. The number of rotatable bonds is 4. The molecule has 30 heavy (non-hydrogen) atoms. The molecule has 2 aliphatic heterocycles. The third-order valence-corrected chi connectivity index (χ3v) is 5.74. The minimum Gasteiger partial charge on any atom is -0.311 e. The van der Waals surface area contributed by atoms with Crippen molar-refractivity contribution in [1.29, 1.82) is 0 Å². The van der Waals surface area contributed by atoms with Gasteiger partial charge >= 0.3 is 6.03 Å². The minimum absolute atomic E-state index is 0.0475. The van der Waals surface area contributed by atoms with E-state index in [1.165, 1.54) is 0 Å². The first-order chi connectivity index (χ1) is 14.4. The van der Waals surface area contributed by atoms with Crippen LogP contribution >= 0.6 is 23.2 Å². The number of nitrogens with zero attached hydrogens (tertiary/aromatic N) is 2. The average molecular weight is 447 g/mol. The van der Waals surface area contributed by atoms with Gasteiger partial charge in [0.15, 0.2) is 0 Å². The van der Waals surface area contributed by atoms with Crippen LogP contribution in [0.25, 0.3) is 0 Å². The summed E-state index contributed by atoms with van der Waals surface area (Å²) >= 11 is 12.6. The SMILES string of the molecule is O=C(Nc1ccc(N2CCCC2=O)c(Cl)c1)Nc1ccc(N2CCCC2=O)c(Cl)c1. The first-order valence-corrected chi connectivity index (χ1v) is 10.5. The molecule has 2 aromatic carbocycles. The van der Waals surface area contributed by atoms with Crippen LogP contribution in [-0.2, 0) is 9.59 Å². The molecule has 9 heteroatoms. The van der Waals surface area contributed by atoms with Gasteiger partial charge in [-0.05, 0) is 49.2 Å². The molecule has 0 saturated carbocycles. The molecule has 7 nitrogen and oxygen atoms in total. The van der Waals surface area contributed by atoms with Crippen molar-refractivity contribution >= 4 is 63.8 Å². The lowest BCUT2D eigenvalue weighted by atomic mass is 10.2. The topological polar surface area (TPSA) is 81.8 Å². The van der Waals surface area contributed by atoms with Crippen LogP contribution in [0.15, 0.2) is 36.4 Å². The van der Waals surface area contributed by atoms with Gasteiger partial charge in [-0.1, -0.05) is 23.2 Å². The lowest BCUT2D eigenvalue weighted by molar-refractivity contribution is -0.117. The molecule has 2 fully saturated rings. The maximum Gasteiger partial charge on any atom is 0.323 e. The van der Waals surface area contributed by atoms with Crippen molar-refractivity contribution < 1.29 is 14.4 Å². The molecule has 0 aromatic heterocycles. The summed E-state index contributed by atoms with van der Waals surface area (Å²) in [5.74, 6) is 0.0950. The van der Waals surface area contributed by atoms with E-state index in [9.17, 15) is 14.4 Å². The van der Waals surface area contributed by atoms with Crippen LogP contribution in [0.2, 0.25) is 10.0 Å². The van der Waals surface area contributed by atoms with E-state index >= 15 is 0 Å². The van der Waals surface area contributed by atoms with Gasteiger partial charge in [-0.15, -0.1) is 0 Å². The molecule has 4 rings (SSSR count). The van der Waals surface area contributed by atoms with Crippen molar-refractivity contribution in [3.05, 3.63) is 46.4 Å². The molecule has 2 N–H and O–H groups in total. The third-order valence-electron chi connectivity index (χ3n) is 5.14. The maximum atomic E-state index is 12.4. The number of amides is 4. The first-order valence-electron chi connectivity index (χ1n) is 9.70. The standard InChI is InChI=1S/C21H20Cl2N4O3/c22-15-11-13(5-7-17(15)26-9-1-3-19(26)28)24-21(30)25-14-6-8-18(16(23)12-14)27-10-2-4-20(27)29/h5-8,11-12H,1-4,9-10H2,(H2,24,25,30). The zero-order valence-electron chi connectivity index (χ0n) is 16.1. The summed E-state index contributed by atoms with van der Waals surface area (Å²) in [4.78, 5) is 39.5. The largest absolute Gasteiger partial charge is 0.323 e. The fourth-order valence-electron chi connectivity index (χ4n) is 3.71. The highest BCUT2D eigenvalue weighted by Gasteiger charge is 2.25. The van der Waals surface area contributed by atoms with E-state index < -0.39 is 6.03 Å². The fraction of sp³-hybridized carbons (Fsp3) is 0.286. The quantitative estimate of drug-likeness (QED) is 0.700. The van der Waals surface area contributed by atoms with Crippen molar-refractivity contribution in [2.24, 2.45) is 0 Å². The second-order valence-corrected chi connectivity index (χ2v) is 8.02. The lowest BCUT2D eigenvalue weighted by Crippen LogP contribution is -2.24. The number of urea groups is 1. The van der Waals surface area contributed by atoms with E-state index in [-0.39, 0.29) is 11.8 Å². The zero-order valence-corrected chi connectivity index (χ0v) is 17.6. The number of hydrogen-bond donors (Lipinski definition) is 2. The Morgan fingerprint density at radius 1 is 0.767 bits per heavy atom. The molecule has 2 aromatic rings. The Hall–Kier alpha value is -2.77. The van der Waals surface area contributed by atoms with Gasteiger partial charge in [0.25, 0.3) is 0 Å². The van der Waals surface area contributed by atoms with E-state index in [0.29, 0.717) is 58.7 Å². The molecule has 0 radical (unpaired) electrons. The van der Waals surface area contributed by atoms with Gasteiger partial charge in [0.2, 0.25) is 11.8 Å². The molecular formula is C21H20Cl2N4O3. The summed E-state index contributed by atoms with van der Waals surface area (Å²) in [6.07, 6.45) is 2.66. The highest BCUT2D eigenvalue weighted by molar-refractivity contribution is 6.34. The highest BCUT2D eigenvalue weighted by Crippen LogP contribution is 2.33. The second kappa shape index (κ2) is 8.53. The number of halogens is 2. The summed E-state index contributed by atoms with van der Waals surface area (Å²) in [5, 5.41) is 6.21. The van der Waals surface area contributed by atoms with E-state index in [0.717, 1.165) is 12.8 Å². The Bertz CT molecular complexity index is 948. The van der Waals surface area contributed by atoms with Crippen molar-refractivity contribution in [2.45, 2.75) is 25.7 Å². The van der Waals surface area contributed by atoms with Crippen LogP contribution in [0.3, 0.4) is 0 Å². The lowest BCUT2D eigenvalue weighted by Gasteiger charge is -2.19. The van der Waals surface area contributed by atoms with Gasteiger partial charge in [0.05, 0.1) is 21.4 Å². The molecule has 2 saturated heterocycles. The molecule has 2 heterocycles. The third kappa shape index (κ3) is 4.22. The van der Waals surface area contributed by atoms with Crippen molar-refractivity contribution in [3.8, 4) is 0 Å². The summed E-state index contributed by atoms with van der Waals surface area (Å²) in [6, 6.07) is 9.59. The molecule has 0 atom stereocenters. The Morgan fingerprint density at radius 2 is 1.20 bits per heavy atom. The van der Waals surface area contributed by atoms with Crippen LogP contribution in [-0.4, -0.2) is 30.9 Å². The minimum atomic E-state index is -0.461. The van der Waals surface area contributed by atoms with Crippen LogP contribution in [0.1, 0.15) is 25.7 Å². The summed E-state index contributed by atoms with van der Waals surface area (Å²) in [6.45, 7) is 1.29. The predicted molar refractivity (Wildman–Crippen MR) is 119 cm³/mol. The zero-order chi connectivity index (χ0) is 21.3. The molecule has 4 amide bonds. The van der Waals surface area contributed by atoms with Crippen LogP contribution in [0, 0.1) is 0 Å². The Kier molecular flexibility index (Phi) is 5.83. The summed E-state index contributed by atoms with van der Waals surface area (Å²) in [7, 11) is 0.